The Morgan fingerprint density at radius 2 is 2.13 bits per heavy atom. The van der Waals surface area contributed by atoms with Gasteiger partial charge in [0.1, 0.15) is 11.4 Å². The van der Waals surface area contributed by atoms with Gasteiger partial charge in [0, 0.05) is 37.8 Å². The second-order valence-corrected chi connectivity index (χ2v) is 7.14. The Hall–Kier alpha value is -2.11. The van der Waals surface area contributed by atoms with Crippen LogP contribution in [0.5, 0.6) is 5.75 Å². The third-order valence-electron chi connectivity index (χ3n) is 4.14. The first-order chi connectivity index (χ1) is 10.8. The zero-order valence-electron chi connectivity index (χ0n) is 14.0. The average molecular weight is 319 g/mol. The van der Waals surface area contributed by atoms with E-state index in [1.165, 1.54) is 0 Å². The first kappa shape index (κ1) is 15.8. The highest BCUT2D eigenvalue weighted by Crippen LogP contribution is 2.36. The molecule has 6 nitrogen and oxygen atoms in total. The second-order valence-electron chi connectivity index (χ2n) is 7.14. The quantitative estimate of drug-likeness (QED) is 0.744. The molecule has 0 bridgehead atoms. The molecular formula is C17H25N3O3. The highest BCUT2D eigenvalue weighted by Gasteiger charge is 2.34. The monoisotopic (exact) mass is 319 g/mol. The lowest BCUT2D eigenvalue weighted by Gasteiger charge is -2.42. The first-order valence-electron chi connectivity index (χ1n) is 8.10. The molecule has 0 aromatic heterocycles. The van der Waals surface area contributed by atoms with Crippen LogP contribution in [0.4, 0.5) is 16.2 Å². The van der Waals surface area contributed by atoms with E-state index in [4.69, 9.17) is 15.2 Å². The summed E-state index contributed by atoms with van der Waals surface area (Å²) in [7, 11) is 0. The number of hydrogen-bond donors (Lipinski definition) is 1. The van der Waals surface area contributed by atoms with Crippen molar-refractivity contribution in [3.05, 3.63) is 18.2 Å². The van der Waals surface area contributed by atoms with Gasteiger partial charge in [0.05, 0.1) is 18.3 Å². The van der Waals surface area contributed by atoms with Crippen LogP contribution in [-0.2, 0) is 4.74 Å². The summed E-state index contributed by atoms with van der Waals surface area (Å²) in [5, 5.41) is 0. The maximum Gasteiger partial charge on any atom is 0.410 e. The minimum absolute atomic E-state index is 0.236. The lowest BCUT2D eigenvalue weighted by molar-refractivity contribution is 0.0211. The number of carbonyl (C=O) groups excluding carboxylic acids is 1. The molecule has 0 radical (unpaired) electrons. The van der Waals surface area contributed by atoms with E-state index in [1.54, 1.807) is 4.90 Å². The van der Waals surface area contributed by atoms with Crippen LogP contribution >= 0.6 is 0 Å². The van der Waals surface area contributed by atoms with Crippen LogP contribution in [0.3, 0.4) is 0 Å². The van der Waals surface area contributed by atoms with Crippen molar-refractivity contribution in [1.82, 2.24) is 4.90 Å². The summed E-state index contributed by atoms with van der Waals surface area (Å²) in [4.78, 5) is 16.4. The van der Waals surface area contributed by atoms with Gasteiger partial charge in [-0.15, -0.1) is 0 Å². The summed E-state index contributed by atoms with van der Waals surface area (Å²) < 4.78 is 11.3. The molecule has 23 heavy (non-hydrogen) atoms. The summed E-state index contributed by atoms with van der Waals surface area (Å²) in [5.74, 6) is 0.832. The molecule has 126 valence electrons. The number of nitrogen functional groups attached to an aromatic ring is 1. The van der Waals surface area contributed by atoms with Crippen molar-refractivity contribution in [1.29, 1.82) is 0 Å². The fourth-order valence-electron chi connectivity index (χ4n) is 3.10. The van der Waals surface area contributed by atoms with E-state index in [1.807, 2.05) is 39.0 Å². The molecule has 6 heteroatoms. The number of anilines is 2. The Balaban J connectivity index is 1.75. The Kier molecular flexibility index (Phi) is 4.00. The van der Waals surface area contributed by atoms with Gasteiger partial charge in [0.2, 0.25) is 0 Å². The number of fused-ring (bicyclic) bond motifs is 3. The van der Waals surface area contributed by atoms with E-state index in [-0.39, 0.29) is 12.1 Å². The van der Waals surface area contributed by atoms with Gasteiger partial charge in [-0.2, -0.15) is 0 Å². The van der Waals surface area contributed by atoms with Gasteiger partial charge in [-0.1, -0.05) is 0 Å². The van der Waals surface area contributed by atoms with E-state index in [0.29, 0.717) is 25.4 Å². The summed E-state index contributed by atoms with van der Waals surface area (Å²) >= 11 is 0. The average Bonchev–Trinajstić information content (AvgIpc) is 2.63. The van der Waals surface area contributed by atoms with Gasteiger partial charge in [-0.25, -0.2) is 4.79 Å². The smallest absolute Gasteiger partial charge is 0.410 e. The summed E-state index contributed by atoms with van der Waals surface area (Å²) in [6.07, 6.45) is 0.633. The van der Waals surface area contributed by atoms with Crippen molar-refractivity contribution in [2.24, 2.45) is 0 Å². The molecule has 1 saturated heterocycles. The number of amides is 1. The minimum atomic E-state index is -0.467. The number of hydrogen-bond acceptors (Lipinski definition) is 5. The van der Waals surface area contributed by atoms with E-state index < -0.39 is 5.60 Å². The molecule has 1 atom stereocenters. The van der Waals surface area contributed by atoms with Crippen LogP contribution in [-0.4, -0.2) is 48.9 Å². The number of carbonyl (C=O) groups is 1. The van der Waals surface area contributed by atoms with E-state index in [9.17, 15) is 4.79 Å². The number of nitrogens with two attached hydrogens (primary N) is 1. The Morgan fingerprint density at radius 1 is 1.35 bits per heavy atom. The van der Waals surface area contributed by atoms with Crippen molar-refractivity contribution in [2.75, 3.05) is 36.9 Å². The topological polar surface area (TPSA) is 68.0 Å². The molecule has 2 aliphatic rings. The van der Waals surface area contributed by atoms with Crippen molar-refractivity contribution < 1.29 is 14.3 Å². The third-order valence-corrected chi connectivity index (χ3v) is 4.14. The number of piperazine rings is 1. The highest BCUT2D eigenvalue weighted by molar-refractivity contribution is 5.70. The summed E-state index contributed by atoms with van der Waals surface area (Å²) in [6, 6.07) is 6.01. The molecule has 2 aliphatic heterocycles. The van der Waals surface area contributed by atoms with Crippen LogP contribution in [0.25, 0.3) is 0 Å². The maximum atomic E-state index is 12.3. The van der Waals surface area contributed by atoms with Crippen molar-refractivity contribution >= 4 is 17.5 Å². The fourth-order valence-corrected chi connectivity index (χ4v) is 3.10. The van der Waals surface area contributed by atoms with E-state index >= 15 is 0 Å². The predicted molar refractivity (Wildman–Crippen MR) is 89.9 cm³/mol. The molecule has 1 amide bonds. The van der Waals surface area contributed by atoms with Gasteiger partial charge in [-0.3, -0.25) is 0 Å². The Labute approximate surface area is 137 Å². The van der Waals surface area contributed by atoms with Crippen molar-refractivity contribution in [3.63, 3.8) is 0 Å². The molecule has 0 saturated carbocycles. The third kappa shape index (κ3) is 3.46. The molecule has 0 spiro atoms. The molecule has 0 unspecified atom stereocenters. The highest BCUT2D eigenvalue weighted by atomic mass is 16.6. The summed E-state index contributed by atoms with van der Waals surface area (Å²) in [6.45, 7) is 8.37. The largest absolute Gasteiger partial charge is 0.491 e. The number of ether oxygens (including phenoxy) is 2. The second kappa shape index (κ2) is 5.83. The zero-order valence-corrected chi connectivity index (χ0v) is 14.0. The molecule has 1 fully saturated rings. The zero-order chi connectivity index (χ0) is 16.6. The Bertz CT molecular complexity index is 597. The molecule has 2 heterocycles. The number of rotatable bonds is 0. The van der Waals surface area contributed by atoms with Crippen LogP contribution in [0.2, 0.25) is 0 Å². The first-order valence-corrected chi connectivity index (χ1v) is 8.10. The maximum absolute atomic E-state index is 12.3. The van der Waals surface area contributed by atoms with Crippen molar-refractivity contribution in [3.8, 4) is 5.75 Å². The standard InChI is InChI=1S/C17H25N3O3/c1-17(2,3)23-16(21)19-7-8-20-13(11-19)6-9-22-15-10-12(18)4-5-14(15)20/h4-5,10,13H,6-9,11,18H2,1-3H3/t13-/m1/s1. The molecule has 3 rings (SSSR count). The van der Waals surface area contributed by atoms with Crippen LogP contribution in [0.1, 0.15) is 27.2 Å². The van der Waals surface area contributed by atoms with Crippen LogP contribution < -0.4 is 15.4 Å². The van der Waals surface area contributed by atoms with Gasteiger partial charge in [0.25, 0.3) is 0 Å². The van der Waals surface area contributed by atoms with E-state index in [2.05, 4.69) is 4.90 Å². The van der Waals surface area contributed by atoms with Gasteiger partial charge in [0.15, 0.2) is 0 Å². The van der Waals surface area contributed by atoms with Crippen molar-refractivity contribution in [2.45, 2.75) is 38.8 Å². The summed E-state index contributed by atoms with van der Waals surface area (Å²) in [5.41, 5.74) is 7.15. The SMILES string of the molecule is CC(C)(C)OC(=O)N1CCN2c3ccc(N)cc3OCC[C@@H]2C1. The van der Waals surface area contributed by atoms with Gasteiger partial charge >= 0.3 is 6.09 Å². The molecule has 1 aromatic carbocycles. The molecule has 1 aromatic rings. The normalized spacial score (nSPS) is 20.9. The lowest BCUT2D eigenvalue weighted by atomic mass is 10.1. The van der Waals surface area contributed by atoms with Gasteiger partial charge < -0.3 is 25.0 Å². The van der Waals surface area contributed by atoms with Gasteiger partial charge in [-0.05, 0) is 32.9 Å². The molecular weight excluding hydrogens is 294 g/mol. The Morgan fingerprint density at radius 3 is 2.87 bits per heavy atom. The number of benzene rings is 1. The van der Waals surface area contributed by atoms with E-state index in [0.717, 1.165) is 24.4 Å². The lowest BCUT2D eigenvalue weighted by Crippen LogP contribution is -2.55. The predicted octanol–water partition coefficient (Wildman–Crippen LogP) is 2.48. The van der Waals surface area contributed by atoms with Crippen LogP contribution in [0.15, 0.2) is 18.2 Å². The molecule has 2 N–H and O–H groups in total. The van der Waals surface area contributed by atoms with Crippen LogP contribution in [0, 0.1) is 0 Å². The molecule has 0 aliphatic carbocycles. The minimum Gasteiger partial charge on any atom is -0.491 e. The fraction of sp³-hybridized carbons (Fsp3) is 0.588. The number of nitrogens with zero attached hydrogens (tertiary/aromatic N) is 2.